The molecule has 0 saturated carbocycles. The maximum Gasteiger partial charge on any atom is 0.253 e. The number of carbonyl (C=O) groups is 2. The maximum atomic E-state index is 13.2. The van der Waals surface area contributed by atoms with Gasteiger partial charge in [-0.2, -0.15) is 0 Å². The van der Waals surface area contributed by atoms with Crippen LogP contribution in [0.25, 0.3) is 39.5 Å². The first kappa shape index (κ1) is 29.5. The fraction of sp³-hybridized carbons (Fsp3) is 0.184. The van der Waals surface area contributed by atoms with Gasteiger partial charge in [-0.1, -0.05) is 42.5 Å². The van der Waals surface area contributed by atoms with Crippen LogP contribution in [0.1, 0.15) is 32.7 Å². The van der Waals surface area contributed by atoms with E-state index < -0.39 is 0 Å². The molecule has 2 saturated heterocycles. The third-order valence-electron chi connectivity index (χ3n) is 9.50. The number of aromatic nitrogens is 4. The Morgan fingerprint density at radius 2 is 1.73 bits per heavy atom. The zero-order valence-electron chi connectivity index (χ0n) is 26.2. The van der Waals surface area contributed by atoms with Gasteiger partial charge in [0.05, 0.1) is 16.8 Å². The molecule has 2 aliphatic heterocycles. The summed E-state index contributed by atoms with van der Waals surface area (Å²) in [6.45, 7) is 4.00. The topological polar surface area (TPSA) is 130 Å². The minimum Gasteiger partial charge on any atom is -0.507 e. The van der Waals surface area contributed by atoms with Gasteiger partial charge in [0.25, 0.3) is 5.91 Å². The largest absolute Gasteiger partial charge is 0.507 e. The molecular weight excluding hydrogens is 602 g/mol. The summed E-state index contributed by atoms with van der Waals surface area (Å²) in [5.74, 6) is 0.865. The highest BCUT2D eigenvalue weighted by molar-refractivity contribution is 5.96. The second kappa shape index (κ2) is 11.7. The zero-order chi connectivity index (χ0) is 32.8. The molecule has 3 aromatic heterocycles. The van der Waals surface area contributed by atoms with E-state index in [-0.39, 0.29) is 22.6 Å². The quantitative estimate of drug-likeness (QED) is 0.217. The number of imidazole rings is 1. The Labute approximate surface area is 277 Å². The van der Waals surface area contributed by atoms with Crippen LogP contribution in [0.2, 0.25) is 0 Å². The summed E-state index contributed by atoms with van der Waals surface area (Å²) in [5.41, 5.74) is 13.2. The van der Waals surface area contributed by atoms with Gasteiger partial charge < -0.3 is 15.7 Å². The van der Waals surface area contributed by atoms with Crippen molar-refractivity contribution in [1.29, 1.82) is 0 Å². The molecule has 2 aliphatic rings. The molecule has 0 bridgehead atoms. The smallest absolute Gasteiger partial charge is 0.253 e. The number of carbonyl (C=O) groups excluding carboxylic acids is 2. The number of pyridine rings is 2. The summed E-state index contributed by atoms with van der Waals surface area (Å²) < 4.78 is 2.05. The van der Waals surface area contributed by atoms with Crippen LogP contribution in [0.5, 0.6) is 5.75 Å². The first-order valence-electron chi connectivity index (χ1n) is 15.9. The summed E-state index contributed by atoms with van der Waals surface area (Å²) in [4.78, 5) is 43.0. The molecule has 0 aliphatic carbocycles. The van der Waals surface area contributed by atoms with Crippen molar-refractivity contribution in [3.05, 3.63) is 120 Å². The molecule has 8 rings (SSSR count). The average Bonchev–Trinajstić information content (AvgIpc) is 3.72. The van der Waals surface area contributed by atoms with Crippen molar-refractivity contribution in [2.24, 2.45) is 5.41 Å². The van der Waals surface area contributed by atoms with Crippen molar-refractivity contribution >= 4 is 29.2 Å². The minimum absolute atomic E-state index is 0.0798. The van der Waals surface area contributed by atoms with E-state index >= 15 is 0 Å². The summed E-state index contributed by atoms with van der Waals surface area (Å²) in [6, 6.07) is 30.8. The molecule has 2 fully saturated rings. The number of amides is 1. The number of anilines is 1. The van der Waals surface area contributed by atoms with Crippen LogP contribution in [-0.4, -0.2) is 72.8 Å². The second-order valence-electron chi connectivity index (χ2n) is 12.8. The average molecular weight is 636 g/mol. The summed E-state index contributed by atoms with van der Waals surface area (Å²) in [6.07, 6.45) is 3.19. The van der Waals surface area contributed by atoms with Crippen molar-refractivity contribution < 1.29 is 14.7 Å². The number of hydrogen-bond donors (Lipinski definition) is 2. The first-order valence-corrected chi connectivity index (χ1v) is 15.9. The van der Waals surface area contributed by atoms with Crippen molar-refractivity contribution in [3.8, 4) is 34.1 Å². The predicted octanol–water partition coefficient (Wildman–Crippen LogP) is 5.60. The van der Waals surface area contributed by atoms with Crippen LogP contribution in [0.3, 0.4) is 0 Å². The molecule has 238 valence electrons. The Balaban J connectivity index is 1.01. The highest BCUT2D eigenvalue weighted by Crippen LogP contribution is 2.41. The van der Waals surface area contributed by atoms with Crippen molar-refractivity contribution in [2.45, 2.75) is 13.0 Å². The molecule has 0 atom stereocenters. The monoisotopic (exact) mass is 635 g/mol. The lowest BCUT2D eigenvalue weighted by Crippen LogP contribution is -2.57. The number of nitrogens with zero attached hydrogens (tertiary/aromatic N) is 6. The molecule has 5 heterocycles. The van der Waals surface area contributed by atoms with Gasteiger partial charge in [0, 0.05) is 61.1 Å². The van der Waals surface area contributed by atoms with Gasteiger partial charge in [-0.25, -0.2) is 15.0 Å². The summed E-state index contributed by atoms with van der Waals surface area (Å²) >= 11 is 0. The number of phenolic OH excluding ortho intramolecular Hbond substituents is 1. The summed E-state index contributed by atoms with van der Waals surface area (Å²) in [7, 11) is 0. The van der Waals surface area contributed by atoms with E-state index in [1.165, 1.54) is 17.7 Å². The van der Waals surface area contributed by atoms with Crippen molar-refractivity contribution in [3.63, 3.8) is 0 Å². The number of hydrogen-bond acceptors (Lipinski definition) is 8. The van der Waals surface area contributed by atoms with Crippen LogP contribution in [0.15, 0.2) is 103 Å². The van der Waals surface area contributed by atoms with Gasteiger partial charge in [-0.15, -0.1) is 0 Å². The van der Waals surface area contributed by atoms with Crippen LogP contribution in [-0.2, 0) is 6.54 Å². The van der Waals surface area contributed by atoms with Gasteiger partial charge in [0.15, 0.2) is 17.8 Å². The molecule has 6 aromatic rings. The lowest BCUT2D eigenvalue weighted by molar-refractivity contribution is 0.00260. The number of rotatable bonds is 7. The lowest BCUT2D eigenvalue weighted by Gasteiger charge is -2.48. The van der Waals surface area contributed by atoms with Crippen LogP contribution < -0.4 is 5.73 Å². The number of phenols is 1. The van der Waals surface area contributed by atoms with E-state index in [0.29, 0.717) is 36.6 Å². The molecule has 48 heavy (non-hydrogen) atoms. The Bertz CT molecular complexity index is 2170. The number of nitrogens with two attached hydrogens (primary N) is 1. The zero-order valence-corrected chi connectivity index (χ0v) is 26.2. The van der Waals surface area contributed by atoms with Gasteiger partial charge >= 0.3 is 0 Å². The standard InChI is InChI=1S/C38H33N7O3/c39-34-30(7-4-17-40-34)35-42-32-14-13-31(26-5-2-1-3-6-26)41-36(32)45(35)29-11-8-25(9-12-29)20-43-22-38(23-43)16-18-44(24-38)37(48)27-10-15-33(47)28(19-27)21-46/h1-15,17,19,21,47H,16,18,20,22-24H2,(H2,39,40). The van der Waals surface area contributed by atoms with Crippen molar-refractivity contribution in [2.75, 3.05) is 31.9 Å². The molecule has 0 radical (unpaired) electrons. The number of aromatic hydroxyl groups is 1. The molecule has 10 heteroatoms. The fourth-order valence-corrected chi connectivity index (χ4v) is 7.11. The number of nitrogen functional groups attached to an aromatic ring is 1. The highest BCUT2D eigenvalue weighted by atomic mass is 16.3. The van der Waals surface area contributed by atoms with E-state index in [2.05, 4.69) is 34.1 Å². The van der Waals surface area contributed by atoms with Crippen LogP contribution in [0, 0.1) is 5.41 Å². The van der Waals surface area contributed by atoms with E-state index in [1.54, 1.807) is 12.3 Å². The van der Waals surface area contributed by atoms with Gasteiger partial charge in [-0.3, -0.25) is 19.1 Å². The molecule has 1 spiro atoms. The van der Waals surface area contributed by atoms with Gasteiger partial charge in [-0.05, 0) is 66.6 Å². The third kappa shape index (κ3) is 5.26. The van der Waals surface area contributed by atoms with E-state index in [9.17, 15) is 14.7 Å². The van der Waals surface area contributed by atoms with Crippen molar-refractivity contribution in [1.82, 2.24) is 29.3 Å². The molecule has 10 nitrogen and oxygen atoms in total. The lowest BCUT2D eigenvalue weighted by atomic mass is 9.79. The normalized spacial score (nSPS) is 15.5. The van der Waals surface area contributed by atoms with E-state index in [1.807, 2.05) is 64.1 Å². The Morgan fingerprint density at radius 3 is 2.50 bits per heavy atom. The number of fused-ring (bicyclic) bond motifs is 1. The van der Waals surface area contributed by atoms with Gasteiger partial charge in [0.2, 0.25) is 0 Å². The molecule has 3 aromatic carbocycles. The predicted molar refractivity (Wildman–Crippen MR) is 184 cm³/mol. The third-order valence-corrected chi connectivity index (χ3v) is 9.50. The van der Waals surface area contributed by atoms with Crippen LogP contribution >= 0.6 is 0 Å². The highest BCUT2D eigenvalue weighted by Gasteiger charge is 2.48. The number of aldehydes is 1. The summed E-state index contributed by atoms with van der Waals surface area (Å²) in [5, 5.41) is 9.81. The van der Waals surface area contributed by atoms with E-state index in [4.69, 9.17) is 15.7 Å². The maximum absolute atomic E-state index is 13.2. The molecule has 1 amide bonds. The Hall–Kier alpha value is -5.87. The second-order valence-corrected chi connectivity index (χ2v) is 12.8. The van der Waals surface area contributed by atoms with Crippen LogP contribution in [0.4, 0.5) is 5.82 Å². The fourth-order valence-electron chi connectivity index (χ4n) is 7.11. The first-order chi connectivity index (χ1) is 23.4. The van der Waals surface area contributed by atoms with E-state index in [0.717, 1.165) is 59.7 Å². The molecular formula is C38H33N7O3. The number of likely N-dealkylation sites (tertiary alicyclic amines) is 2. The Kier molecular flexibility index (Phi) is 7.22. The Morgan fingerprint density at radius 1 is 0.917 bits per heavy atom. The molecule has 0 unspecified atom stereocenters. The van der Waals surface area contributed by atoms with Gasteiger partial charge in [0.1, 0.15) is 17.1 Å². The minimum atomic E-state index is -0.118. The molecule has 3 N–H and O–H groups in total. The number of benzene rings is 3. The SMILES string of the molecule is Nc1ncccc1-c1nc2ccc(-c3ccccc3)nc2n1-c1ccc(CN2CC3(CCN(C(=O)c4ccc(O)c(C=O)c4)C3)C2)cc1.